The molecule has 0 radical (unpaired) electrons. The molecule has 0 heterocycles. The lowest BCUT2D eigenvalue weighted by molar-refractivity contribution is 0.0949. The third-order valence-electron chi connectivity index (χ3n) is 4.18. The van der Waals surface area contributed by atoms with Crippen molar-refractivity contribution in [2.45, 2.75) is 66.9 Å². The molecule has 1 aromatic carbocycles. The van der Waals surface area contributed by atoms with Gasteiger partial charge in [0, 0.05) is 0 Å². The maximum Gasteiger partial charge on any atom is 0.360 e. The number of benzene rings is 1. The maximum atomic E-state index is 13.7. The molecule has 0 aliphatic carbocycles. The molecule has 0 amide bonds. The fourth-order valence-corrected chi connectivity index (χ4v) is 5.11. The van der Waals surface area contributed by atoms with Crippen molar-refractivity contribution in [3.05, 3.63) is 41.2 Å². The van der Waals surface area contributed by atoms with Crippen molar-refractivity contribution in [2.75, 3.05) is 13.2 Å². The predicted molar refractivity (Wildman–Crippen MR) is 109 cm³/mol. The lowest BCUT2D eigenvalue weighted by Gasteiger charge is -2.33. The summed E-state index contributed by atoms with van der Waals surface area (Å²) in [6.45, 7) is 12.0. The molecule has 1 atom stereocenters. The van der Waals surface area contributed by atoms with Gasteiger partial charge in [0.25, 0.3) is 0 Å². The van der Waals surface area contributed by atoms with Gasteiger partial charge in [0.2, 0.25) is 0 Å². The molecular weight excluding hydrogens is 347 g/mol. The molecule has 148 valence electrons. The van der Waals surface area contributed by atoms with Crippen molar-refractivity contribution in [1.29, 1.82) is 0 Å². The summed E-state index contributed by atoms with van der Waals surface area (Å²) in [6.07, 6.45) is 1.72. The van der Waals surface area contributed by atoms with Crippen LogP contribution in [0.5, 0.6) is 0 Å². The van der Waals surface area contributed by atoms with Gasteiger partial charge >= 0.3 is 7.60 Å². The van der Waals surface area contributed by atoms with Crippen LogP contribution in [0.2, 0.25) is 0 Å². The quantitative estimate of drug-likeness (QED) is 0.485. The second kappa shape index (κ2) is 10.4. The second-order valence-electron chi connectivity index (χ2n) is 7.43. The monoisotopic (exact) mass is 382 g/mol. The summed E-state index contributed by atoms with van der Waals surface area (Å²) in [5, 5.41) is 11.6. The Morgan fingerprint density at radius 1 is 1.08 bits per heavy atom. The summed E-state index contributed by atoms with van der Waals surface area (Å²) in [7, 11) is -3.61. The van der Waals surface area contributed by atoms with Gasteiger partial charge in [0.1, 0.15) is 0 Å². The van der Waals surface area contributed by atoms with Gasteiger partial charge in [-0.05, 0) is 43.2 Å². The number of rotatable bonds is 10. The third-order valence-corrected chi connectivity index (χ3v) is 6.49. The SMILES string of the molecule is CCCC/C(=C(/C(O)C(C)(C)C)P(=O)(OCC)OCC)c1ccccc1. The van der Waals surface area contributed by atoms with Crippen LogP contribution >= 0.6 is 7.60 Å². The minimum Gasteiger partial charge on any atom is -0.388 e. The zero-order valence-corrected chi connectivity index (χ0v) is 18.0. The number of unbranched alkanes of at least 4 members (excludes halogenated alkanes) is 1. The van der Waals surface area contributed by atoms with Gasteiger partial charge in [0.15, 0.2) is 0 Å². The van der Waals surface area contributed by atoms with E-state index in [0.717, 1.165) is 24.0 Å². The van der Waals surface area contributed by atoms with Crippen LogP contribution in [0, 0.1) is 5.41 Å². The Kier molecular flexibility index (Phi) is 9.26. The van der Waals surface area contributed by atoms with Crippen LogP contribution in [0.15, 0.2) is 35.6 Å². The van der Waals surface area contributed by atoms with E-state index in [-0.39, 0.29) is 13.2 Å². The molecule has 0 aliphatic heterocycles. The molecule has 1 rings (SSSR count). The van der Waals surface area contributed by atoms with Crippen LogP contribution < -0.4 is 0 Å². The summed E-state index contributed by atoms with van der Waals surface area (Å²) in [5.41, 5.74) is 1.34. The first-order valence-electron chi connectivity index (χ1n) is 9.57. The van der Waals surface area contributed by atoms with Gasteiger partial charge < -0.3 is 14.2 Å². The first-order chi connectivity index (χ1) is 12.2. The Morgan fingerprint density at radius 2 is 1.62 bits per heavy atom. The Hall–Kier alpha value is -0.930. The van der Waals surface area contributed by atoms with E-state index in [1.165, 1.54) is 0 Å². The molecule has 1 aromatic rings. The van der Waals surface area contributed by atoms with Crippen molar-refractivity contribution in [1.82, 2.24) is 0 Å². The first kappa shape index (κ1) is 23.1. The van der Waals surface area contributed by atoms with Crippen LogP contribution in [-0.4, -0.2) is 24.4 Å². The minimum atomic E-state index is -3.61. The zero-order valence-electron chi connectivity index (χ0n) is 17.1. The lowest BCUT2D eigenvalue weighted by atomic mass is 9.86. The molecule has 1 N–H and O–H groups in total. The molecule has 26 heavy (non-hydrogen) atoms. The standard InChI is InChI=1S/C21H35O4P/c1-7-10-16-18(17-14-12-11-13-15-17)19(20(22)21(4,5)6)26(23,24-8-2)25-9-3/h11-15,20,22H,7-10,16H2,1-6H3/b19-18+. The topological polar surface area (TPSA) is 55.8 Å². The van der Waals surface area contributed by atoms with E-state index in [0.29, 0.717) is 11.7 Å². The summed E-state index contributed by atoms with van der Waals surface area (Å²) < 4.78 is 25.0. The van der Waals surface area contributed by atoms with E-state index in [1.807, 2.05) is 51.1 Å². The lowest BCUT2D eigenvalue weighted by Crippen LogP contribution is -2.29. The fraction of sp³-hybridized carbons (Fsp3) is 0.619. The average Bonchev–Trinajstić information content (AvgIpc) is 2.58. The molecule has 1 unspecified atom stereocenters. The molecule has 0 aromatic heterocycles. The van der Waals surface area contributed by atoms with Crippen LogP contribution in [0.4, 0.5) is 0 Å². The van der Waals surface area contributed by atoms with Gasteiger partial charge in [0.05, 0.1) is 24.6 Å². The van der Waals surface area contributed by atoms with Crippen LogP contribution in [0.1, 0.15) is 66.4 Å². The third kappa shape index (κ3) is 6.06. The fourth-order valence-electron chi connectivity index (χ4n) is 2.82. The summed E-state index contributed by atoms with van der Waals surface area (Å²) in [5.74, 6) is 0. The molecular formula is C21H35O4P. The van der Waals surface area contributed by atoms with E-state index in [4.69, 9.17) is 9.05 Å². The van der Waals surface area contributed by atoms with Crippen molar-refractivity contribution in [3.8, 4) is 0 Å². The first-order valence-corrected chi connectivity index (χ1v) is 11.1. The highest BCUT2D eigenvalue weighted by atomic mass is 31.2. The molecule has 4 nitrogen and oxygen atoms in total. The van der Waals surface area contributed by atoms with Gasteiger partial charge in [-0.15, -0.1) is 0 Å². The number of aliphatic hydroxyl groups is 1. The Balaban J connectivity index is 3.74. The molecule has 0 saturated heterocycles. The van der Waals surface area contributed by atoms with Crippen molar-refractivity contribution >= 4 is 13.2 Å². The number of allylic oxidation sites excluding steroid dienone is 1. The number of hydrogen-bond acceptors (Lipinski definition) is 4. The largest absolute Gasteiger partial charge is 0.388 e. The van der Waals surface area contributed by atoms with Crippen molar-refractivity contribution in [2.24, 2.45) is 5.41 Å². The Labute approximate surface area is 159 Å². The molecule has 0 bridgehead atoms. The van der Waals surface area contributed by atoms with Crippen molar-refractivity contribution < 1.29 is 18.7 Å². The Bertz CT molecular complexity index is 607. The average molecular weight is 382 g/mol. The normalized spacial score (nSPS) is 14.9. The zero-order chi connectivity index (χ0) is 19.8. The summed E-state index contributed by atoms with van der Waals surface area (Å²) in [4.78, 5) is 0. The number of hydrogen-bond donors (Lipinski definition) is 1. The highest BCUT2D eigenvalue weighted by Crippen LogP contribution is 2.61. The molecule has 0 fully saturated rings. The van der Waals surface area contributed by atoms with Gasteiger partial charge in [-0.3, -0.25) is 4.57 Å². The predicted octanol–water partition coefficient (Wildman–Crippen LogP) is 6.26. The highest BCUT2D eigenvalue weighted by molar-refractivity contribution is 7.58. The van der Waals surface area contributed by atoms with Gasteiger partial charge in [-0.2, -0.15) is 0 Å². The summed E-state index contributed by atoms with van der Waals surface area (Å²) in [6, 6.07) is 9.83. The van der Waals surface area contributed by atoms with Gasteiger partial charge in [-0.25, -0.2) is 0 Å². The smallest absolute Gasteiger partial charge is 0.360 e. The maximum absolute atomic E-state index is 13.7. The Morgan fingerprint density at radius 3 is 2.04 bits per heavy atom. The van der Waals surface area contributed by atoms with Crippen LogP contribution in [0.25, 0.3) is 5.57 Å². The molecule has 5 heteroatoms. The second-order valence-corrected chi connectivity index (χ2v) is 9.43. The van der Waals surface area contributed by atoms with E-state index < -0.39 is 19.1 Å². The minimum absolute atomic E-state index is 0.257. The molecule has 0 aliphatic rings. The van der Waals surface area contributed by atoms with E-state index >= 15 is 0 Å². The summed E-state index contributed by atoms with van der Waals surface area (Å²) >= 11 is 0. The van der Waals surface area contributed by atoms with E-state index in [1.54, 1.807) is 13.8 Å². The van der Waals surface area contributed by atoms with E-state index in [2.05, 4.69) is 6.92 Å². The van der Waals surface area contributed by atoms with Gasteiger partial charge in [-0.1, -0.05) is 64.4 Å². The van der Waals surface area contributed by atoms with Crippen LogP contribution in [0.3, 0.4) is 0 Å². The molecule has 0 spiro atoms. The van der Waals surface area contributed by atoms with Crippen molar-refractivity contribution in [3.63, 3.8) is 0 Å². The van der Waals surface area contributed by atoms with E-state index in [9.17, 15) is 9.67 Å². The number of aliphatic hydroxyl groups excluding tert-OH is 1. The molecule has 0 saturated carbocycles. The highest BCUT2D eigenvalue weighted by Gasteiger charge is 2.41. The van der Waals surface area contributed by atoms with Crippen LogP contribution in [-0.2, 0) is 13.6 Å².